The Balaban J connectivity index is 2.13. The lowest BCUT2D eigenvalue weighted by molar-refractivity contribution is 0.0787. The first kappa shape index (κ1) is 17.9. The van der Waals surface area contributed by atoms with E-state index in [1.165, 1.54) is 0 Å². The third kappa shape index (κ3) is 5.03. The highest BCUT2D eigenvalue weighted by atomic mass is 16.2. The highest BCUT2D eigenvalue weighted by Gasteiger charge is 2.17. The van der Waals surface area contributed by atoms with Gasteiger partial charge in [0.25, 0.3) is 5.91 Å². The average Bonchev–Trinajstić information content (AvgIpc) is 2.58. The first-order valence-corrected chi connectivity index (χ1v) is 7.98. The van der Waals surface area contributed by atoms with E-state index in [2.05, 4.69) is 20.2 Å². The summed E-state index contributed by atoms with van der Waals surface area (Å²) in [6.07, 6.45) is 3.54. The van der Waals surface area contributed by atoms with Crippen molar-refractivity contribution in [3.8, 4) is 0 Å². The summed E-state index contributed by atoms with van der Waals surface area (Å²) in [4.78, 5) is 25.1. The minimum absolute atomic E-state index is 0.0296. The minimum atomic E-state index is -0.0296. The number of carbonyl (C=O) groups excluding carboxylic acids is 1. The maximum absolute atomic E-state index is 12.7. The molecule has 2 aromatic rings. The highest BCUT2D eigenvalue weighted by molar-refractivity contribution is 5.98. The number of carbonyl (C=O) groups is 1. The van der Waals surface area contributed by atoms with Gasteiger partial charge in [-0.2, -0.15) is 0 Å². The molecule has 1 amide bonds. The zero-order chi connectivity index (χ0) is 17.5. The number of pyridine rings is 2. The summed E-state index contributed by atoms with van der Waals surface area (Å²) in [6, 6.07) is 7.58. The van der Waals surface area contributed by atoms with Crippen LogP contribution in [0.25, 0.3) is 0 Å². The van der Waals surface area contributed by atoms with Crippen molar-refractivity contribution in [2.45, 2.75) is 13.5 Å². The summed E-state index contributed by atoms with van der Waals surface area (Å²) >= 11 is 0. The number of rotatable bonds is 7. The Hall–Kier alpha value is -2.47. The second-order valence-corrected chi connectivity index (χ2v) is 6.09. The zero-order valence-corrected chi connectivity index (χ0v) is 14.8. The van der Waals surface area contributed by atoms with Gasteiger partial charge < -0.3 is 15.1 Å². The summed E-state index contributed by atoms with van der Waals surface area (Å²) in [5.41, 5.74) is 2.50. The van der Waals surface area contributed by atoms with Crippen LogP contribution in [0, 0.1) is 6.92 Å². The van der Waals surface area contributed by atoms with Crippen LogP contribution in [0.15, 0.2) is 36.7 Å². The molecule has 0 aliphatic rings. The maximum Gasteiger partial charge on any atom is 0.257 e. The molecule has 0 atom stereocenters. The molecule has 2 heterocycles. The highest BCUT2D eigenvalue weighted by Crippen LogP contribution is 2.16. The summed E-state index contributed by atoms with van der Waals surface area (Å²) < 4.78 is 0. The van der Waals surface area contributed by atoms with E-state index in [-0.39, 0.29) is 5.91 Å². The van der Waals surface area contributed by atoms with Crippen LogP contribution in [0.1, 0.15) is 21.6 Å². The van der Waals surface area contributed by atoms with E-state index in [9.17, 15) is 4.79 Å². The molecule has 0 saturated carbocycles. The topological polar surface area (TPSA) is 61.4 Å². The molecule has 2 aromatic heterocycles. The fourth-order valence-corrected chi connectivity index (χ4v) is 2.21. The number of nitrogens with one attached hydrogen (secondary N) is 1. The molecule has 6 heteroatoms. The van der Waals surface area contributed by atoms with Crippen LogP contribution in [-0.4, -0.2) is 59.9 Å². The van der Waals surface area contributed by atoms with Crippen LogP contribution < -0.4 is 5.32 Å². The lowest BCUT2D eigenvalue weighted by Crippen LogP contribution is -2.34. The van der Waals surface area contributed by atoms with Crippen molar-refractivity contribution in [3.63, 3.8) is 0 Å². The van der Waals surface area contributed by atoms with E-state index in [0.29, 0.717) is 24.5 Å². The zero-order valence-electron chi connectivity index (χ0n) is 14.8. The summed E-state index contributed by atoms with van der Waals surface area (Å²) in [6.45, 7) is 3.98. The van der Waals surface area contributed by atoms with Crippen LogP contribution in [-0.2, 0) is 6.54 Å². The third-order valence-corrected chi connectivity index (χ3v) is 3.68. The van der Waals surface area contributed by atoms with Crippen molar-refractivity contribution in [2.75, 3.05) is 39.5 Å². The Bertz CT molecular complexity index is 672. The van der Waals surface area contributed by atoms with Crippen molar-refractivity contribution in [1.29, 1.82) is 0 Å². The van der Waals surface area contributed by atoms with Gasteiger partial charge in [-0.25, -0.2) is 4.98 Å². The number of amides is 1. The number of nitrogens with zero attached hydrogens (tertiary/aromatic N) is 4. The molecule has 24 heavy (non-hydrogen) atoms. The Morgan fingerprint density at radius 1 is 1.17 bits per heavy atom. The number of aromatic nitrogens is 2. The summed E-state index contributed by atoms with van der Waals surface area (Å²) in [5, 5.41) is 3.26. The number of anilines is 1. The SMILES string of the molecule is Cc1ccc(C(=O)N(C)CCN(C)C)c(NCc2cccnc2)n1. The lowest BCUT2D eigenvalue weighted by atomic mass is 10.2. The molecule has 0 fully saturated rings. The second kappa shape index (κ2) is 8.40. The molecule has 0 bridgehead atoms. The third-order valence-electron chi connectivity index (χ3n) is 3.68. The molecule has 1 N–H and O–H groups in total. The van der Waals surface area contributed by atoms with Crippen molar-refractivity contribution >= 4 is 11.7 Å². The van der Waals surface area contributed by atoms with Gasteiger partial charge >= 0.3 is 0 Å². The molecular weight excluding hydrogens is 302 g/mol. The van der Waals surface area contributed by atoms with Gasteiger partial charge in [-0.1, -0.05) is 6.07 Å². The van der Waals surface area contributed by atoms with E-state index in [4.69, 9.17) is 0 Å². The molecule has 0 radical (unpaired) electrons. The fourth-order valence-electron chi connectivity index (χ4n) is 2.21. The number of aryl methyl sites for hydroxylation is 1. The van der Waals surface area contributed by atoms with Crippen LogP contribution in [0.3, 0.4) is 0 Å². The predicted molar refractivity (Wildman–Crippen MR) is 96.1 cm³/mol. The Labute approximate surface area is 143 Å². The quantitative estimate of drug-likeness (QED) is 0.843. The molecule has 0 spiro atoms. The van der Waals surface area contributed by atoms with Gasteiger partial charge in [-0.05, 0) is 44.8 Å². The van der Waals surface area contributed by atoms with Crippen molar-refractivity contribution < 1.29 is 4.79 Å². The Morgan fingerprint density at radius 2 is 1.96 bits per heavy atom. The van der Waals surface area contributed by atoms with Crippen LogP contribution in [0.5, 0.6) is 0 Å². The van der Waals surface area contributed by atoms with E-state index in [0.717, 1.165) is 17.8 Å². The monoisotopic (exact) mass is 327 g/mol. The summed E-state index contributed by atoms with van der Waals surface area (Å²) in [5.74, 6) is 0.582. The summed E-state index contributed by atoms with van der Waals surface area (Å²) in [7, 11) is 5.80. The fraction of sp³-hybridized carbons (Fsp3) is 0.389. The molecular formula is C18H25N5O. The number of hydrogen-bond donors (Lipinski definition) is 1. The van der Waals surface area contributed by atoms with E-state index in [1.807, 2.05) is 52.3 Å². The van der Waals surface area contributed by atoms with Gasteiger partial charge in [0, 0.05) is 44.8 Å². The van der Waals surface area contributed by atoms with Gasteiger partial charge in [0.2, 0.25) is 0 Å². The number of likely N-dealkylation sites (N-methyl/N-ethyl adjacent to an activating group) is 2. The molecule has 0 aliphatic carbocycles. The first-order chi connectivity index (χ1) is 11.5. The van der Waals surface area contributed by atoms with E-state index in [1.54, 1.807) is 17.3 Å². The van der Waals surface area contributed by atoms with Crippen LogP contribution in [0.4, 0.5) is 5.82 Å². The molecule has 2 rings (SSSR count). The van der Waals surface area contributed by atoms with Crippen LogP contribution >= 0.6 is 0 Å². The first-order valence-electron chi connectivity index (χ1n) is 7.98. The molecule has 0 saturated heterocycles. The predicted octanol–water partition coefficient (Wildman–Crippen LogP) is 2.03. The normalized spacial score (nSPS) is 10.7. The van der Waals surface area contributed by atoms with Gasteiger partial charge in [-0.15, -0.1) is 0 Å². The molecule has 0 aliphatic heterocycles. The van der Waals surface area contributed by atoms with Crippen molar-refractivity contribution in [3.05, 3.63) is 53.5 Å². The molecule has 0 unspecified atom stereocenters. The van der Waals surface area contributed by atoms with Gasteiger partial charge in [0.15, 0.2) is 0 Å². The number of hydrogen-bond acceptors (Lipinski definition) is 5. The van der Waals surface area contributed by atoms with Crippen molar-refractivity contribution in [1.82, 2.24) is 19.8 Å². The molecule has 6 nitrogen and oxygen atoms in total. The Morgan fingerprint density at radius 3 is 2.62 bits per heavy atom. The molecule has 0 aromatic carbocycles. The largest absolute Gasteiger partial charge is 0.365 e. The van der Waals surface area contributed by atoms with E-state index >= 15 is 0 Å². The van der Waals surface area contributed by atoms with Crippen LogP contribution in [0.2, 0.25) is 0 Å². The van der Waals surface area contributed by atoms with Gasteiger partial charge in [0.1, 0.15) is 5.82 Å². The maximum atomic E-state index is 12.7. The van der Waals surface area contributed by atoms with E-state index < -0.39 is 0 Å². The average molecular weight is 327 g/mol. The molecule has 128 valence electrons. The smallest absolute Gasteiger partial charge is 0.257 e. The minimum Gasteiger partial charge on any atom is -0.365 e. The second-order valence-electron chi connectivity index (χ2n) is 6.09. The standard InChI is InChI=1S/C18H25N5O/c1-14-7-8-16(18(24)23(4)11-10-22(2)3)17(21-14)20-13-15-6-5-9-19-12-15/h5-9,12H,10-11,13H2,1-4H3,(H,20,21). The van der Waals surface area contributed by atoms with Crippen molar-refractivity contribution in [2.24, 2.45) is 0 Å². The van der Waals surface area contributed by atoms with Gasteiger partial charge in [0.05, 0.1) is 5.56 Å². The lowest BCUT2D eigenvalue weighted by Gasteiger charge is -2.21. The Kier molecular flexibility index (Phi) is 6.26. The van der Waals surface area contributed by atoms with Gasteiger partial charge in [-0.3, -0.25) is 9.78 Å².